The van der Waals surface area contributed by atoms with Crippen molar-refractivity contribution in [2.45, 2.75) is 19.8 Å². The van der Waals surface area contributed by atoms with Gasteiger partial charge in [-0.15, -0.1) is 0 Å². The molecule has 0 aromatic rings. The quantitative estimate of drug-likeness (QED) is 0.474. The van der Waals surface area contributed by atoms with E-state index in [0.29, 0.717) is 6.42 Å². The van der Waals surface area contributed by atoms with Crippen molar-refractivity contribution in [2.24, 2.45) is 0 Å². The van der Waals surface area contributed by atoms with E-state index in [1.54, 1.807) is 30.4 Å². The fourth-order valence-electron chi connectivity index (χ4n) is 0.663. The first-order chi connectivity index (χ1) is 5.81. The molecule has 1 nitrogen and oxygen atoms in total. The van der Waals surface area contributed by atoms with Crippen LogP contribution < -0.4 is 0 Å². The molecule has 66 valence electrons. The minimum atomic E-state index is 0.164. The van der Waals surface area contributed by atoms with Crippen LogP contribution in [0.3, 0.4) is 0 Å². The summed E-state index contributed by atoms with van der Waals surface area (Å²) in [6.07, 6.45) is 10.0. The van der Waals surface area contributed by atoms with E-state index in [1.807, 2.05) is 6.92 Å². The van der Waals surface area contributed by atoms with Crippen molar-refractivity contribution in [1.29, 1.82) is 0 Å². The fraction of sp³-hybridized carbons (Fsp3) is 0.300. The van der Waals surface area contributed by atoms with E-state index >= 15 is 0 Å². The summed E-state index contributed by atoms with van der Waals surface area (Å²) in [6.45, 7) is 1.98. The van der Waals surface area contributed by atoms with E-state index in [9.17, 15) is 4.79 Å². The molecule has 0 unspecified atom stereocenters. The zero-order valence-electron chi connectivity index (χ0n) is 7.16. The third-order valence-corrected chi connectivity index (χ3v) is 1.33. The van der Waals surface area contributed by atoms with Gasteiger partial charge in [-0.3, -0.25) is 4.79 Å². The molecule has 0 saturated carbocycles. The van der Waals surface area contributed by atoms with Crippen molar-refractivity contribution in [3.8, 4) is 0 Å². The molecule has 0 radical (unpaired) electrons. The normalized spacial score (nSPS) is 12.2. The van der Waals surface area contributed by atoms with Gasteiger partial charge in [0.25, 0.3) is 0 Å². The predicted octanol–water partition coefficient (Wildman–Crippen LogP) is 3.22. The topological polar surface area (TPSA) is 17.1 Å². The Kier molecular flexibility index (Phi) is 7.71. The Morgan fingerprint density at radius 2 is 1.92 bits per heavy atom. The molecule has 0 aliphatic carbocycles. The van der Waals surface area contributed by atoms with Gasteiger partial charge in [-0.1, -0.05) is 42.8 Å². The van der Waals surface area contributed by atoms with Crippen LogP contribution in [0.5, 0.6) is 0 Å². The number of halogens is 1. The van der Waals surface area contributed by atoms with Gasteiger partial charge < -0.3 is 0 Å². The highest BCUT2D eigenvalue weighted by molar-refractivity contribution is 6.25. The average molecular weight is 185 g/mol. The number of rotatable bonds is 5. The molecular formula is C10H13ClO. The van der Waals surface area contributed by atoms with Gasteiger partial charge in [0.05, 0.1) is 0 Å². The average Bonchev–Trinajstić information content (AvgIpc) is 2.05. The molecule has 0 saturated heterocycles. The van der Waals surface area contributed by atoms with Crippen LogP contribution in [0.2, 0.25) is 0 Å². The lowest BCUT2D eigenvalue weighted by molar-refractivity contribution is -0.114. The molecule has 0 N–H and O–H groups in total. The maximum absolute atomic E-state index is 10.9. The van der Waals surface area contributed by atoms with Crippen LogP contribution in [0.1, 0.15) is 19.8 Å². The summed E-state index contributed by atoms with van der Waals surface area (Å²) in [7, 11) is 0. The largest absolute Gasteiger partial charge is 0.295 e. The third kappa shape index (κ3) is 7.29. The van der Waals surface area contributed by atoms with Crippen LogP contribution in [-0.4, -0.2) is 5.78 Å². The summed E-state index contributed by atoms with van der Waals surface area (Å²) in [4.78, 5) is 10.9. The summed E-state index contributed by atoms with van der Waals surface area (Å²) in [5.74, 6) is 0.164. The number of hydrogen-bond donors (Lipinski definition) is 0. The second-order valence-corrected chi connectivity index (χ2v) is 2.53. The van der Waals surface area contributed by atoms with Gasteiger partial charge in [-0.25, -0.2) is 0 Å². The van der Waals surface area contributed by atoms with Gasteiger partial charge in [0.15, 0.2) is 5.78 Å². The lowest BCUT2D eigenvalue weighted by Gasteiger charge is -1.85. The predicted molar refractivity (Wildman–Crippen MR) is 53.2 cm³/mol. The van der Waals surface area contributed by atoms with Crippen molar-refractivity contribution in [3.63, 3.8) is 0 Å². The molecule has 0 heterocycles. The zero-order chi connectivity index (χ0) is 9.23. The van der Waals surface area contributed by atoms with Crippen molar-refractivity contribution < 1.29 is 4.79 Å². The molecule has 0 atom stereocenters. The van der Waals surface area contributed by atoms with Crippen LogP contribution in [0.25, 0.3) is 0 Å². The molecule has 0 bridgehead atoms. The monoisotopic (exact) mass is 184 g/mol. The summed E-state index contributed by atoms with van der Waals surface area (Å²) in [6, 6.07) is 0. The van der Waals surface area contributed by atoms with Crippen LogP contribution in [0.4, 0.5) is 0 Å². The second kappa shape index (κ2) is 8.28. The maximum atomic E-state index is 10.9. The van der Waals surface area contributed by atoms with Gasteiger partial charge in [0.1, 0.15) is 0 Å². The van der Waals surface area contributed by atoms with E-state index in [-0.39, 0.29) is 5.78 Å². The van der Waals surface area contributed by atoms with Gasteiger partial charge in [-0.05, 0) is 12.5 Å². The Hall–Kier alpha value is -0.820. The summed E-state index contributed by atoms with van der Waals surface area (Å²) < 4.78 is 0. The molecule has 0 aliphatic heterocycles. The number of ketones is 1. The molecule has 0 amide bonds. The third-order valence-electron chi connectivity index (χ3n) is 1.18. The molecule has 0 rings (SSSR count). The molecule has 0 aromatic carbocycles. The van der Waals surface area contributed by atoms with Crippen LogP contribution in [-0.2, 0) is 4.79 Å². The Morgan fingerprint density at radius 3 is 2.50 bits per heavy atom. The fourth-order valence-corrected chi connectivity index (χ4v) is 0.747. The Labute approximate surface area is 78.4 Å². The molecule has 0 aliphatic rings. The van der Waals surface area contributed by atoms with Crippen LogP contribution in [0, 0.1) is 0 Å². The highest BCUT2D eigenvalue weighted by atomic mass is 35.5. The van der Waals surface area contributed by atoms with Crippen molar-refractivity contribution >= 4 is 17.4 Å². The van der Waals surface area contributed by atoms with E-state index in [0.717, 1.165) is 6.42 Å². The molecule has 0 fully saturated rings. The van der Waals surface area contributed by atoms with Crippen LogP contribution in [0.15, 0.2) is 35.9 Å². The van der Waals surface area contributed by atoms with Crippen molar-refractivity contribution in [3.05, 3.63) is 35.9 Å². The summed E-state index contributed by atoms with van der Waals surface area (Å²) >= 11 is 5.27. The molecular weight excluding hydrogens is 172 g/mol. The molecule has 12 heavy (non-hydrogen) atoms. The summed E-state index contributed by atoms with van der Waals surface area (Å²) in [5, 5.41) is 0. The van der Waals surface area contributed by atoms with Crippen LogP contribution >= 0.6 is 11.6 Å². The number of carbonyl (C=O) groups is 1. The minimum Gasteiger partial charge on any atom is -0.295 e. The minimum absolute atomic E-state index is 0.164. The van der Waals surface area contributed by atoms with E-state index < -0.39 is 0 Å². The molecule has 0 spiro atoms. The van der Waals surface area contributed by atoms with E-state index in [4.69, 9.17) is 11.6 Å². The lowest BCUT2D eigenvalue weighted by Crippen LogP contribution is -1.88. The SMILES string of the molecule is CCCC(=O)/C=C/C=C/C=C/Cl. The first-order valence-electron chi connectivity index (χ1n) is 3.94. The van der Waals surface area contributed by atoms with E-state index in [2.05, 4.69) is 0 Å². The number of hydrogen-bond acceptors (Lipinski definition) is 1. The van der Waals surface area contributed by atoms with Gasteiger partial charge in [0.2, 0.25) is 0 Å². The molecule has 2 heteroatoms. The van der Waals surface area contributed by atoms with E-state index in [1.165, 1.54) is 5.54 Å². The standard InChI is InChI=1S/C10H13ClO/c1-2-7-10(12)8-5-3-4-6-9-11/h3-6,8-9H,2,7H2,1H3/b4-3+,8-5+,9-6+. The molecule has 0 aromatic heterocycles. The first kappa shape index (κ1) is 11.2. The zero-order valence-corrected chi connectivity index (χ0v) is 7.92. The van der Waals surface area contributed by atoms with Crippen molar-refractivity contribution in [2.75, 3.05) is 0 Å². The Balaban J connectivity index is 3.67. The smallest absolute Gasteiger partial charge is 0.155 e. The number of allylic oxidation sites excluding steroid dienone is 5. The van der Waals surface area contributed by atoms with Crippen molar-refractivity contribution in [1.82, 2.24) is 0 Å². The lowest BCUT2D eigenvalue weighted by atomic mass is 10.2. The second-order valence-electron chi connectivity index (χ2n) is 2.28. The first-order valence-corrected chi connectivity index (χ1v) is 4.37. The highest BCUT2D eigenvalue weighted by Crippen LogP contribution is 1.91. The van der Waals surface area contributed by atoms with Gasteiger partial charge in [0, 0.05) is 12.0 Å². The number of carbonyl (C=O) groups excluding carboxylic acids is 1. The van der Waals surface area contributed by atoms with Gasteiger partial charge in [-0.2, -0.15) is 0 Å². The summed E-state index contributed by atoms with van der Waals surface area (Å²) in [5.41, 5.74) is 1.41. The Bertz CT molecular complexity index is 202. The Morgan fingerprint density at radius 1 is 1.25 bits per heavy atom. The highest BCUT2D eigenvalue weighted by Gasteiger charge is 1.89. The maximum Gasteiger partial charge on any atom is 0.155 e. The van der Waals surface area contributed by atoms with Gasteiger partial charge >= 0.3 is 0 Å².